The standard InChI is InChI=1S/C13H18N2O2/c16-12-6-2-1-4-10(12)9-15-13(17)11-5-3-7-14-8-11/h1-2,4,6,11,14,16H,3,5,7-9H2,(H,15,17)/t11-/m0/s1. The van der Waals surface area contributed by atoms with Crippen molar-refractivity contribution < 1.29 is 9.90 Å². The maximum absolute atomic E-state index is 11.8. The van der Waals surface area contributed by atoms with Gasteiger partial charge in [0.05, 0.1) is 5.92 Å². The van der Waals surface area contributed by atoms with Gasteiger partial charge < -0.3 is 15.7 Å². The van der Waals surface area contributed by atoms with Gasteiger partial charge in [-0.25, -0.2) is 0 Å². The van der Waals surface area contributed by atoms with Gasteiger partial charge in [-0.1, -0.05) is 18.2 Å². The lowest BCUT2D eigenvalue weighted by Crippen LogP contribution is -2.40. The lowest BCUT2D eigenvalue weighted by molar-refractivity contribution is -0.125. The van der Waals surface area contributed by atoms with Crippen molar-refractivity contribution in [2.75, 3.05) is 13.1 Å². The molecule has 3 N–H and O–H groups in total. The van der Waals surface area contributed by atoms with E-state index in [1.165, 1.54) is 0 Å². The number of phenols is 1. The summed E-state index contributed by atoms with van der Waals surface area (Å²) < 4.78 is 0. The fraction of sp³-hybridized carbons (Fsp3) is 0.462. The van der Waals surface area contributed by atoms with Crippen LogP contribution in [0.15, 0.2) is 24.3 Å². The van der Waals surface area contributed by atoms with Crippen LogP contribution in [0.2, 0.25) is 0 Å². The lowest BCUT2D eigenvalue weighted by Gasteiger charge is -2.21. The van der Waals surface area contributed by atoms with E-state index in [4.69, 9.17) is 0 Å². The molecule has 1 atom stereocenters. The van der Waals surface area contributed by atoms with Crippen molar-refractivity contribution in [1.29, 1.82) is 0 Å². The molecular formula is C13H18N2O2. The van der Waals surface area contributed by atoms with Crippen molar-refractivity contribution >= 4 is 5.91 Å². The number of rotatable bonds is 3. The van der Waals surface area contributed by atoms with Gasteiger partial charge in [-0.15, -0.1) is 0 Å². The molecule has 1 aliphatic heterocycles. The number of aromatic hydroxyl groups is 1. The minimum atomic E-state index is 0.0644. The second kappa shape index (κ2) is 5.68. The van der Waals surface area contributed by atoms with E-state index in [9.17, 15) is 9.90 Å². The SMILES string of the molecule is O=C(NCc1ccccc1O)[C@H]1CCCNC1. The molecule has 0 aromatic heterocycles. The quantitative estimate of drug-likeness (QED) is 0.731. The first kappa shape index (κ1) is 11.9. The minimum absolute atomic E-state index is 0.0644. The Labute approximate surface area is 101 Å². The third-order valence-corrected chi connectivity index (χ3v) is 3.11. The van der Waals surface area contributed by atoms with Crippen molar-refractivity contribution in [3.63, 3.8) is 0 Å². The zero-order chi connectivity index (χ0) is 12.1. The van der Waals surface area contributed by atoms with Crippen molar-refractivity contribution in [3.8, 4) is 5.75 Å². The fourth-order valence-corrected chi connectivity index (χ4v) is 2.06. The molecule has 1 aliphatic rings. The van der Waals surface area contributed by atoms with Crippen LogP contribution in [0.5, 0.6) is 5.75 Å². The molecule has 1 saturated heterocycles. The molecule has 4 nitrogen and oxygen atoms in total. The highest BCUT2D eigenvalue weighted by atomic mass is 16.3. The van der Waals surface area contributed by atoms with E-state index >= 15 is 0 Å². The first-order chi connectivity index (χ1) is 8.27. The maximum atomic E-state index is 11.8. The summed E-state index contributed by atoms with van der Waals surface area (Å²) in [5.74, 6) is 0.365. The molecule has 92 valence electrons. The van der Waals surface area contributed by atoms with Gasteiger partial charge in [-0.3, -0.25) is 4.79 Å². The van der Waals surface area contributed by atoms with Gasteiger partial charge in [0, 0.05) is 18.7 Å². The highest BCUT2D eigenvalue weighted by Crippen LogP contribution is 2.16. The number of hydrogen-bond acceptors (Lipinski definition) is 3. The molecule has 1 heterocycles. The molecule has 2 rings (SSSR count). The van der Waals surface area contributed by atoms with Crippen LogP contribution in [0.25, 0.3) is 0 Å². The van der Waals surface area contributed by atoms with E-state index in [0.29, 0.717) is 6.54 Å². The number of hydrogen-bond donors (Lipinski definition) is 3. The van der Waals surface area contributed by atoms with Gasteiger partial charge in [0.1, 0.15) is 5.75 Å². The third-order valence-electron chi connectivity index (χ3n) is 3.11. The van der Waals surface area contributed by atoms with Crippen LogP contribution in [0.3, 0.4) is 0 Å². The maximum Gasteiger partial charge on any atom is 0.224 e. The summed E-state index contributed by atoms with van der Waals surface area (Å²) >= 11 is 0. The zero-order valence-electron chi connectivity index (χ0n) is 9.78. The summed E-state index contributed by atoms with van der Waals surface area (Å²) in [6, 6.07) is 7.06. The Bertz CT molecular complexity index is 387. The summed E-state index contributed by atoms with van der Waals surface area (Å²) in [6.07, 6.45) is 1.99. The van der Waals surface area contributed by atoms with E-state index in [1.54, 1.807) is 12.1 Å². The van der Waals surface area contributed by atoms with Gasteiger partial charge in [-0.05, 0) is 25.5 Å². The Kier molecular flexibility index (Phi) is 3.98. The number of piperidine rings is 1. The van der Waals surface area contributed by atoms with E-state index in [0.717, 1.165) is 31.5 Å². The summed E-state index contributed by atoms with van der Waals surface area (Å²) in [5, 5.41) is 15.7. The summed E-state index contributed by atoms with van der Waals surface area (Å²) in [5.41, 5.74) is 0.754. The molecule has 0 radical (unpaired) electrons. The second-order valence-electron chi connectivity index (χ2n) is 4.39. The Morgan fingerprint density at radius 2 is 2.29 bits per heavy atom. The Morgan fingerprint density at radius 1 is 1.47 bits per heavy atom. The van der Waals surface area contributed by atoms with Gasteiger partial charge in [0.2, 0.25) is 5.91 Å². The second-order valence-corrected chi connectivity index (χ2v) is 4.39. The Balaban J connectivity index is 1.85. The van der Waals surface area contributed by atoms with E-state index in [-0.39, 0.29) is 17.6 Å². The van der Waals surface area contributed by atoms with Crippen molar-refractivity contribution in [3.05, 3.63) is 29.8 Å². The number of carbonyl (C=O) groups is 1. The molecule has 0 saturated carbocycles. The zero-order valence-corrected chi connectivity index (χ0v) is 9.78. The minimum Gasteiger partial charge on any atom is -0.508 e. The molecule has 1 aromatic rings. The lowest BCUT2D eigenvalue weighted by atomic mass is 9.99. The Hall–Kier alpha value is -1.55. The first-order valence-corrected chi connectivity index (χ1v) is 6.02. The average Bonchev–Trinajstić information content (AvgIpc) is 2.38. The van der Waals surface area contributed by atoms with Crippen molar-refractivity contribution in [1.82, 2.24) is 10.6 Å². The predicted octanol–water partition coefficient (Wildman–Crippen LogP) is 1.01. The fourth-order valence-electron chi connectivity index (χ4n) is 2.06. The van der Waals surface area contributed by atoms with Gasteiger partial charge in [0.15, 0.2) is 0 Å². The van der Waals surface area contributed by atoms with E-state index in [1.807, 2.05) is 12.1 Å². The van der Waals surface area contributed by atoms with Gasteiger partial charge >= 0.3 is 0 Å². The van der Waals surface area contributed by atoms with Crippen LogP contribution in [0, 0.1) is 5.92 Å². The number of benzene rings is 1. The number of para-hydroxylation sites is 1. The number of carbonyl (C=O) groups excluding carboxylic acids is 1. The molecule has 4 heteroatoms. The van der Waals surface area contributed by atoms with Crippen LogP contribution in [0.4, 0.5) is 0 Å². The summed E-state index contributed by atoms with van der Waals surface area (Å²) in [4.78, 5) is 11.8. The molecule has 0 unspecified atom stereocenters. The van der Waals surface area contributed by atoms with Gasteiger partial charge in [0.25, 0.3) is 0 Å². The molecule has 1 fully saturated rings. The van der Waals surface area contributed by atoms with Crippen LogP contribution >= 0.6 is 0 Å². The van der Waals surface area contributed by atoms with Crippen LogP contribution in [-0.4, -0.2) is 24.1 Å². The van der Waals surface area contributed by atoms with Crippen LogP contribution < -0.4 is 10.6 Å². The highest BCUT2D eigenvalue weighted by Gasteiger charge is 2.20. The van der Waals surface area contributed by atoms with Crippen LogP contribution in [-0.2, 0) is 11.3 Å². The number of nitrogens with one attached hydrogen (secondary N) is 2. The molecule has 0 aliphatic carbocycles. The predicted molar refractivity (Wildman–Crippen MR) is 65.5 cm³/mol. The monoisotopic (exact) mass is 234 g/mol. The highest BCUT2D eigenvalue weighted by molar-refractivity contribution is 5.79. The number of phenolic OH excluding ortho intramolecular Hbond substituents is 1. The van der Waals surface area contributed by atoms with E-state index in [2.05, 4.69) is 10.6 Å². The molecular weight excluding hydrogens is 216 g/mol. The summed E-state index contributed by atoms with van der Waals surface area (Å²) in [7, 11) is 0. The molecule has 1 amide bonds. The van der Waals surface area contributed by atoms with Crippen LogP contribution in [0.1, 0.15) is 18.4 Å². The molecule has 0 spiro atoms. The largest absolute Gasteiger partial charge is 0.508 e. The number of amides is 1. The van der Waals surface area contributed by atoms with Crippen molar-refractivity contribution in [2.45, 2.75) is 19.4 Å². The topological polar surface area (TPSA) is 61.4 Å². The normalized spacial score (nSPS) is 19.9. The van der Waals surface area contributed by atoms with E-state index < -0.39 is 0 Å². The summed E-state index contributed by atoms with van der Waals surface area (Å²) in [6.45, 7) is 2.15. The Morgan fingerprint density at radius 3 is 3.00 bits per heavy atom. The average molecular weight is 234 g/mol. The molecule has 0 bridgehead atoms. The van der Waals surface area contributed by atoms with Crippen molar-refractivity contribution in [2.24, 2.45) is 5.92 Å². The van der Waals surface area contributed by atoms with Gasteiger partial charge in [-0.2, -0.15) is 0 Å². The molecule has 1 aromatic carbocycles. The first-order valence-electron chi connectivity index (χ1n) is 6.02. The molecule has 17 heavy (non-hydrogen) atoms. The third kappa shape index (κ3) is 3.20. The smallest absolute Gasteiger partial charge is 0.224 e.